The van der Waals surface area contributed by atoms with Gasteiger partial charge in [0.1, 0.15) is 0 Å². The number of hydrogen-bond donors (Lipinski definition) is 2. The first-order chi connectivity index (χ1) is 15.7. The van der Waals surface area contributed by atoms with Crippen molar-refractivity contribution in [2.75, 3.05) is 19.6 Å². The quantitative estimate of drug-likeness (QED) is 0.511. The first-order valence-corrected chi connectivity index (χ1v) is 13.1. The second-order valence-corrected chi connectivity index (χ2v) is 11.7. The molecular weight excluding hydrogens is 420 g/mol. The summed E-state index contributed by atoms with van der Waals surface area (Å²) < 4.78 is 26.5. The lowest BCUT2D eigenvalue weighted by atomic mass is 9.61. The predicted octanol–water partition coefficient (Wildman–Crippen LogP) is 5.74. The highest BCUT2D eigenvalue weighted by Crippen LogP contribution is 2.59. The molecule has 3 saturated carbocycles. The maximum absolute atomic E-state index is 13.3. The van der Waals surface area contributed by atoms with Crippen LogP contribution in [0.2, 0.25) is 0 Å². The highest BCUT2D eigenvalue weighted by atomic mass is 19.3. The summed E-state index contributed by atoms with van der Waals surface area (Å²) in [5.74, 6) is 1.28. The third-order valence-corrected chi connectivity index (χ3v) is 9.47. The molecule has 2 N–H and O–H groups in total. The zero-order valence-electron chi connectivity index (χ0n) is 20.5. The molecule has 186 valence electrons. The molecule has 0 aromatic carbocycles. The molecule has 7 atom stereocenters. The third-order valence-electron chi connectivity index (χ3n) is 9.47. The van der Waals surface area contributed by atoms with E-state index >= 15 is 0 Å². The Morgan fingerprint density at radius 3 is 2.55 bits per heavy atom. The molecule has 0 bridgehead atoms. The topological polar surface area (TPSA) is 43.7 Å². The van der Waals surface area contributed by atoms with Crippen LogP contribution in [0.3, 0.4) is 0 Å². The first-order valence-electron chi connectivity index (χ1n) is 13.1. The number of allylic oxidation sites excluding steroid dienone is 3. The van der Waals surface area contributed by atoms with Gasteiger partial charge in [0.2, 0.25) is 6.43 Å². The van der Waals surface area contributed by atoms with E-state index in [1.807, 2.05) is 0 Å². The summed E-state index contributed by atoms with van der Waals surface area (Å²) in [6, 6.07) is 0. The number of halogens is 2. The summed E-state index contributed by atoms with van der Waals surface area (Å²) in [6.45, 7) is 11.1. The van der Waals surface area contributed by atoms with Gasteiger partial charge in [0.25, 0.3) is 0 Å². The standard InChI is InChI=1S/C28H43F2NO2/c1-18(16-31-13-5-7-22(17-31)27(29)30)23-10-11-24-21(6-4-12-28(23,24)3)9-8-20-14-25(32)19(2)26(33)15-20/h8-9,18,22-27,32-33H,2,4-7,10-17H2,1,3H3/b20-8-,21-9+/t18-,22+,23-,24+,25?,26-,28-/m1/s1. The lowest BCUT2D eigenvalue weighted by Gasteiger charge is -2.45. The Hall–Kier alpha value is -1.04. The number of nitrogens with zero attached hydrogens (tertiary/aromatic N) is 1. The summed E-state index contributed by atoms with van der Waals surface area (Å²) >= 11 is 0. The van der Waals surface area contributed by atoms with Crippen molar-refractivity contribution in [3.63, 3.8) is 0 Å². The van der Waals surface area contributed by atoms with Crippen LogP contribution >= 0.6 is 0 Å². The second-order valence-electron chi connectivity index (χ2n) is 11.7. The predicted molar refractivity (Wildman–Crippen MR) is 129 cm³/mol. The molecule has 4 aliphatic rings. The molecule has 33 heavy (non-hydrogen) atoms. The number of hydrogen-bond acceptors (Lipinski definition) is 3. The summed E-state index contributed by atoms with van der Waals surface area (Å²) in [7, 11) is 0. The second kappa shape index (κ2) is 10.3. The smallest absolute Gasteiger partial charge is 0.242 e. The molecule has 1 unspecified atom stereocenters. The average molecular weight is 464 g/mol. The van der Waals surface area contributed by atoms with Crippen molar-refractivity contribution < 1.29 is 19.0 Å². The van der Waals surface area contributed by atoms with Gasteiger partial charge in [-0.15, -0.1) is 0 Å². The van der Waals surface area contributed by atoms with Gasteiger partial charge in [0, 0.05) is 19.0 Å². The lowest BCUT2D eigenvalue weighted by molar-refractivity contribution is 0.0132. The fourth-order valence-corrected chi connectivity index (χ4v) is 7.64. The molecule has 0 radical (unpaired) electrons. The Balaban J connectivity index is 1.42. The lowest BCUT2D eigenvalue weighted by Crippen LogP contribution is -2.44. The SMILES string of the molecule is C=C1C(O)C/C(=C/C=C2\CCC[C@]3(C)[C@@H]([C@H](C)CN4CCC[C@H](C(F)F)C4)CC[C@@H]23)C[C@H]1O. The van der Waals surface area contributed by atoms with Gasteiger partial charge in [-0.1, -0.05) is 43.7 Å². The molecule has 4 fully saturated rings. The molecule has 5 heteroatoms. The van der Waals surface area contributed by atoms with Gasteiger partial charge in [-0.3, -0.25) is 0 Å². The molecule has 1 aliphatic heterocycles. The minimum absolute atomic E-state index is 0.278. The highest BCUT2D eigenvalue weighted by Gasteiger charge is 2.50. The van der Waals surface area contributed by atoms with E-state index < -0.39 is 24.6 Å². The van der Waals surface area contributed by atoms with Crippen molar-refractivity contribution in [1.29, 1.82) is 0 Å². The van der Waals surface area contributed by atoms with Crippen molar-refractivity contribution in [3.05, 3.63) is 35.5 Å². The molecule has 0 aromatic heterocycles. The minimum atomic E-state index is -2.19. The highest BCUT2D eigenvalue weighted by molar-refractivity contribution is 5.29. The molecular formula is C28H43F2NO2. The maximum atomic E-state index is 13.3. The van der Waals surface area contributed by atoms with Crippen LogP contribution in [-0.2, 0) is 0 Å². The maximum Gasteiger partial charge on any atom is 0.242 e. The zero-order valence-corrected chi connectivity index (χ0v) is 20.5. The average Bonchev–Trinajstić information content (AvgIpc) is 3.13. The number of piperidine rings is 1. The van der Waals surface area contributed by atoms with Gasteiger partial charge in [-0.25, -0.2) is 8.78 Å². The van der Waals surface area contributed by atoms with Crippen molar-refractivity contribution >= 4 is 0 Å². The van der Waals surface area contributed by atoms with Gasteiger partial charge < -0.3 is 15.1 Å². The van der Waals surface area contributed by atoms with Crippen LogP contribution in [0.1, 0.15) is 71.6 Å². The largest absolute Gasteiger partial charge is 0.388 e. The molecule has 4 rings (SSSR count). The number of rotatable bonds is 5. The number of aliphatic hydroxyl groups excluding tert-OH is 2. The van der Waals surface area contributed by atoms with Crippen LogP contribution in [-0.4, -0.2) is 53.4 Å². The molecule has 0 aromatic rings. The minimum Gasteiger partial charge on any atom is -0.388 e. The van der Waals surface area contributed by atoms with E-state index in [9.17, 15) is 19.0 Å². The van der Waals surface area contributed by atoms with Crippen LogP contribution in [0.15, 0.2) is 35.5 Å². The van der Waals surface area contributed by atoms with Gasteiger partial charge in [0.15, 0.2) is 0 Å². The van der Waals surface area contributed by atoms with Crippen LogP contribution in [0.4, 0.5) is 8.78 Å². The molecule has 3 aliphatic carbocycles. The van der Waals surface area contributed by atoms with Crippen molar-refractivity contribution in [2.24, 2.45) is 29.1 Å². The van der Waals surface area contributed by atoms with Crippen LogP contribution in [0, 0.1) is 29.1 Å². The Morgan fingerprint density at radius 2 is 1.85 bits per heavy atom. The Labute approximate surface area is 198 Å². The Kier molecular flexibility index (Phi) is 7.82. The molecule has 0 spiro atoms. The first kappa shape index (κ1) is 25.1. The van der Waals surface area contributed by atoms with Crippen molar-refractivity contribution in [2.45, 2.75) is 90.3 Å². The van der Waals surface area contributed by atoms with E-state index in [1.165, 1.54) is 31.3 Å². The van der Waals surface area contributed by atoms with E-state index in [0.29, 0.717) is 49.1 Å². The van der Waals surface area contributed by atoms with E-state index in [0.717, 1.165) is 31.5 Å². The van der Waals surface area contributed by atoms with E-state index in [1.54, 1.807) is 0 Å². The van der Waals surface area contributed by atoms with Gasteiger partial charge in [0.05, 0.1) is 12.2 Å². The summed E-state index contributed by atoms with van der Waals surface area (Å²) in [5, 5.41) is 20.3. The van der Waals surface area contributed by atoms with Crippen LogP contribution in [0.5, 0.6) is 0 Å². The summed E-state index contributed by atoms with van der Waals surface area (Å²) in [4.78, 5) is 2.30. The number of aliphatic hydroxyl groups is 2. The van der Waals surface area contributed by atoms with Crippen molar-refractivity contribution in [1.82, 2.24) is 4.90 Å². The van der Waals surface area contributed by atoms with E-state index in [-0.39, 0.29) is 5.41 Å². The van der Waals surface area contributed by atoms with E-state index in [4.69, 9.17) is 0 Å². The summed E-state index contributed by atoms with van der Waals surface area (Å²) in [5.41, 5.74) is 3.44. The number of alkyl halides is 2. The van der Waals surface area contributed by atoms with Gasteiger partial charge >= 0.3 is 0 Å². The molecule has 1 heterocycles. The third kappa shape index (κ3) is 5.31. The number of fused-ring (bicyclic) bond motifs is 1. The van der Waals surface area contributed by atoms with Crippen LogP contribution < -0.4 is 0 Å². The Morgan fingerprint density at radius 1 is 1.12 bits per heavy atom. The Bertz CT molecular complexity index is 762. The molecule has 3 nitrogen and oxygen atoms in total. The fourth-order valence-electron chi connectivity index (χ4n) is 7.64. The summed E-state index contributed by atoms with van der Waals surface area (Å²) in [6.07, 6.45) is 9.65. The van der Waals surface area contributed by atoms with Gasteiger partial charge in [-0.05, 0) is 93.1 Å². The normalized spacial score (nSPS) is 41.7. The molecule has 0 amide bonds. The zero-order chi connectivity index (χ0) is 23.8. The number of likely N-dealkylation sites (tertiary alicyclic amines) is 1. The van der Waals surface area contributed by atoms with Gasteiger partial charge in [-0.2, -0.15) is 0 Å². The van der Waals surface area contributed by atoms with E-state index in [2.05, 4.69) is 37.5 Å². The molecule has 1 saturated heterocycles. The van der Waals surface area contributed by atoms with Crippen LogP contribution in [0.25, 0.3) is 0 Å². The van der Waals surface area contributed by atoms with Crippen molar-refractivity contribution in [3.8, 4) is 0 Å². The monoisotopic (exact) mass is 463 g/mol. The fraction of sp³-hybridized carbons (Fsp3) is 0.786.